The van der Waals surface area contributed by atoms with E-state index in [1.807, 2.05) is 13.0 Å². The Morgan fingerprint density at radius 2 is 2.06 bits per heavy atom. The van der Waals surface area contributed by atoms with Gasteiger partial charge in [-0.25, -0.2) is 4.39 Å². The highest BCUT2D eigenvalue weighted by atomic mass is 19.1. The average Bonchev–Trinajstić information content (AvgIpc) is 2.32. The third-order valence-electron chi connectivity index (χ3n) is 3.43. The quantitative estimate of drug-likeness (QED) is 0.682. The number of unbranched alkanes of at least 4 members (excludes halogenated alkanes) is 2. The van der Waals surface area contributed by atoms with Crippen LogP contribution in [0.25, 0.3) is 0 Å². The SMILES string of the molecule is CCCCCC(C)NCCc1ccc(F)cc1C. The fourth-order valence-electron chi connectivity index (χ4n) is 2.20. The van der Waals surface area contributed by atoms with Crippen molar-refractivity contribution in [2.45, 2.75) is 58.9 Å². The van der Waals surface area contributed by atoms with Gasteiger partial charge in [0, 0.05) is 6.04 Å². The van der Waals surface area contributed by atoms with Crippen LogP contribution in [0.3, 0.4) is 0 Å². The van der Waals surface area contributed by atoms with E-state index >= 15 is 0 Å². The van der Waals surface area contributed by atoms with Gasteiger partial charge in [-0.15, -0.1) is 0 Å². The second-order valence-corrected chi connectivity index (χ2v) is 5.17. The topological polar surface area (TPSA) is 12.0 Å². The number of nitrogens with one attached hydrogen (secondary N) is 1. The van der Waals surface area contributed by atoms with Gasteiger partial charge in [0.15, 0.2) is 0 Å². The van der Waals surface area contributed by atoms with Crippen molar-refractivity contribution in [3.8, 4) is 0 Å². The molecule has 1 atom stereocenters. The van der Waals surface area contributed by atoms with E-state index in [1.54, 1.807) is 12.1 Å². The van der Waals surface area contributed by atoms with E-state index in [0.717, 1.165) is 18.5 Å². The van der Waals surface area contributed by atoms with Gasteiger partial charge in [0.25, 0.3) is 0 Å². The predicted octanol–water partition coefficient (Wildman–Crippen LogP) is 4.24. The molecule has 1 aromatic rings. The molecule has 0 aromatic heterocycles. The van der Waals surface area contributed by atoms with E-state index in [2.05, 4.69) is 19.2 Å². The van der Waals surface area contributed by atoms with Gasteiger partial charge in [0.1, 0.15) is 5.82 Å². The Bertz CT molecular complexity index is 349. The molecule has 0 bridgehead atoms. The zero-order valence-electron chi connectivity index (χ0n) is 11.9. The molecule has 102 valence electrons. The van der Waals surface area contributed by atoms with Crippen LogP contribution in [0.15, 0.2) is 18.2 Å². The van der Waals surface area contributed by atoms with Crippen molar-refractivity contribution in [2.75, 3.05) is 6.54 Å². The molecule has 0 aliphatic heterocycles. The van der Waals surface area contributed by atoms with E-state index in [4.69, 9.17) is 0 Å². The second-order valence-electron chi connectivity index (χ2n) is 5.17. The Kier molecular flexibility index (Phi) is 6.96. The minimum absolute atomic E-state index is 0.142. The third kappa shape index (κ3) is 5.63. The van der Waals surface area contributed by atoms with Crippen molar-refractivity contribution in [3.63, 3.8) is 0 Å². The van der Waals surface area contributed by atoms with Crippen molar-refractivity contribution >= 4 is 0 Å². The molecule has 0 saturated carbocycles. The molecular weight excluding hydrogens is 225 g/mol. The summed E-state index contributed by atoms with van der Waals surface area (Å²) in [4.78, 5) is 0. The third-order valence-corrected chi connectivity index (χ3v) is 3.43. The summed E-state index contributed by atoms with van der Waals surface area (Å²) in [6.07, 6.45) is 6.13. The molecule has 0 saturated heterocycles. The maximum atomic E-state index is 13.0. The molecule has 1 rings (SSSR count). The lowest BCUT2D eigenvalue weighted by Crippen LogP contribution is -2.28. The van der Waals surface area contributed by atoms with Gasteiger partial charge in [-0.2, -0.15) is 0 Å². The molecule has 1 nitrogen and oxygen atoms in total. The average molecular weight is 251 g/mol. The molecule has 0 heterocycles. The Morgan fingerprint density at radius 1 is 1.28 bits per heavy atom. The highest BCUT2D eigenvalue weighted by Gasteiger charge is 2.03. The number of benzene rings is 1. The Labute approximate surface area is 111 Å². The lowest BCUT2D eigenvalue weighted by atomic mass is 10.1. The van der Waals surface area contributed by atoms with Crippen molar-refractivity contribution in [3.05, 3.63) is 35.1 Å². The van der Waals surface area contributed by atoms with Gasteiger partial charge in [-0.05, 0) is 56.5 Å². The summed E-state index contributed by atoms with van der Waals surface area (Å²) >= 11 is 0. The van der Waals surface area contributed by atoms with Crippen molar-refractivity contribution in [1.82, 2.24) is 5.32 Å². The Balaban J connectivity index is 2.24. The van der Waals surface area contributed by atoms with Crippen molar-refractivity contribution in [1.29, 1.82) is 0 Å². The van der Waals surface area contributed by atoms with Crippen LogP contribution in [0.4, 0.5) is 4.39 Å². The largest absolute Gasteiger partial charge is 0.314 e. The van der Waals surface area contributed by atoms with Crippen LogP contribution in [0.1, 0.15) is 50.7 Å². The first kappa shape index (κ1) is 15.2. The Hall–Kier alpha value is -0.890. The fraction of sp³-hybridized carbons (Fsp3) is 0.625. The number of rotatable bonds is 8. The molecule has 2 heteroatoms. The zero-order chi connectivity index (χ0) is 13.4. The molecule has 0 spiro atoms. The van der Waals surface area contributed by atoms with E-state index in [-0.39, 0.29) is 5.82 Å². The monoisotopic (exact) mass is 251 g/mol. The summed E-state index contributed by atoms with van der Waals surface area (Å²) in [7, 11) is 0. The molecule has 0 aliphatic carbocycles. The number of hydrogen-bond donors (Lipinski definition) is 1. The molecule has 1 aromatic carbocycles. The first-order chi connectivity index (χ1) is 8.63. The number of halogens is 1. The van der Waals surface area contributed by atoms with Crippen LogP contribution >= 0.6 is 0 Å². The van der Waals surface area contributed by atoms with Crippen LogP contribution in [-0.2, 0) is 6.42 Å². The highest BCUT2D eigenvalue weighted by Crippen LogP contribution is 2.10. The van der Waals surface area contributed by atoms with Crippen LogP contribution in [-0.4, -0.2) is 12.6 Å². The first-order valence-electron chi connectivity index (χ1n) is 7.12. The van der Waals surface area contributed by atoms with Crippen LogP contribution in [0.2, 0.25) is 0 Å². The standard InChI is InChI=1S/C16H26FN/c1-4-5-6-7-14(3)18-11-10-15-8-9-16(17)12-13(15)2/h8-9,12,14,18H,4-7,10-11H2,1-3H3. The van der Waals surface area contributed by atoms with Gasteiger partial charge in [0.05, 0.1) is 0 Å². The van der Waals surface area contributed by atoms with Gasteiger partial charge in [-0.3, -0.25) is 0 Å². The molecule has 0 radical (unpaired) electrons. The maximum absolute atomic E-state index is 13.0. The Morgan fingerprint density at radius 3 is 2.72 bits per heavy atom. The predicted molar refractivity (Wildman–Crippen MR) is 76.4 cm³/mol. The van der Waals surface area contributed by atoms with Crippen LogP contribution < -0.4 is 5.32 Å². The van der Waals surface area contributed by atoms with Crippen molar-refractivity contribution in [2.24, 2.45) is 0 Å². The molecule has 18 heavy (non-hydrogen) atoms. The lowest BCUT2D eigenvalue weighted by molar-refractivity contribution is 0.490. The van der Waals surface area contributed by atoms with Crippen LogP contribution in [0.5, 0.6) is 0 Å². The summed E-state index contributed by atoms with van der Waals surface area (Å²) in [6, 6.07) is 5.64. The summed E-state index contributed by atoms with van der Waals surface area (Å²) in [5.41, 5.74) is 2.29. The lowest BCUT2D eigenvalue weighted by Gasteiger charge is -2.14. The van der Waals surface area contributed by atoms with E-state index in [1.165, 1.54) is 31.2 Å². The minimum Gasteiger partial charge on any atom is -0.314 e. The van der Waals surface area contributed by atoms with Crippen LogP contribution in [0, 0.1) is 12.7 Å². The smallest absolute Gasteiger partial charge is 0.123 e. The normalized spacial score (nSPS) is 12.7. The van der Waals surface area contributed by atoms with E-state index in [9.17, 15) is 4.39 Å². The van der Waals surface area contributed by atoms with Gasteiger partial charge in [-0.1, -0.05) is 32.3 Å². The number of aryl methyl sites for hydroxylation is 1. The first-order valence-corrected chi connectivity index (χ1v) is 7.12. The summed E-state index contributed by atoms with van der Waals surface area (Å²) in [5, 5.41) is 3.54. The molecule has 1 unspecified atom stereocenters. The minimum atomic E-state index is -0.142. The molecule has 0 fully saturated rings. The van der Waals surface area contributed by atoms with Gasteiger partial charge in [0.2, 0.25) is 0 Å². The fourth-order valence-corrected chi connectivity index (χ4v) is 2.20. The van der Waals surface area contributed by atoms with E-state index < -0.39 is 0 Å². The second kappa shape index (κ2) is 8.25. The molecule has 0 amide bonds. The molecule has 0 aliphatic rings. The number of hydrogen-bond acceptors (Lipinski definition) is 1. The molecular formula is C16H26FN. The van der Waals surface area contributed by atoms with Gasteiger partial charge >= 0.3 is 0 Å². The zero-order valence-corrected chi connectivity index (χ0v) is 11.9. The summed E-state index contributed by atoms with van der Waals surface area (Å²) in [5.74, 6) is -0.142. The summed E-state index contributed by atoms with van der Waals surface area (Å²) < 4.78 is 13.0. The summed E-state index contributed by atoms with van der Waals surface area (Å²) in [6.45, 7) is 7.42. The molecule has 1 N–H and O–H groups in total. The maximum Gasteiger partial charge on any atom is 0.123 e. The van der Waals surface area contributed by atoms with E-state index in [0.29, 0.717) is 6.04 Å². The highest BCUT2D eigenvalue weighted by molar-refractivity contribution is 5.26. The van der Waals surface area contributed by atoms with Gasteiger partial charge < -0.3 is 5.32 Å². The van der Waals surface area contributed by atoms with Crippen molar-refractivity contribution < 1.29 is 4.39 Å².